The van der Waals surface area contributed by atoms with Gasteiger partial charge < -0.3 is 15.5 Å². The van der Waals surface area contributed by atoms with E-state index < -0.39 is 24.0 Å². The quantitative estimate of drug-likeness (QED) is 0.448. The third-order valence-corrected chi connectivity index (χ3v) is 3.94. The Morgan fingerprint density at radius 3 is 2.15 bits per heavy atom. The number of carbonyl (C=O) groups excluding carboxylic acids is 1. The zero-order valence-corrected chi connectivity index (χ0v) is 15.3. The zero-order valence-electron chi connectivity index (χ0n) is 15.3. The molecule has 1 aromatic rings. The van der Waals surface area contributed by atoms with Gasteiger partial charge in [-0.2, -0.15) is 0 Å². The maximum Gasteiger partial charge on any atom is 0.320 e. The van der Waals surface area contributed by atoms with Crippen LogP contribution in [0.3, 0.4) is 0 Å². The molecule has 1 aromatic carbocycles. The van der Waals surface area contributed by atoms with E-state index in [0.717, 1.165) is 5.56 Å². The number of carboxylic acids is 2. The van der Waals surface area contributed by atoms with Gasteiger partial charge in [0.15, 0.2) is 0 Å². The minimum absolute atomic E-state index is 0.119. The van der Waals surface area contributed by atoms with Crippen LogP contribution in [0.15, 0.2) is 30.3 Å². The average Bonchev–Trinajstić information content (AvgIpc) is 2.58. The van der Waals surface area contributed by atoms with Gasteiger partial charge in [-0.15, -0.1) is 0 Å². The summed E-state index contributed by atoms with van der Waals surface area (Å²) < 4.78 is 0. The highest BCUT2D eigenvalue weighted by atomic mass is 16.4. The number of carboxylic acid groups (broad SMARTS) is 2. The van der Waals surface area contributed by atoms with Crippen molar-refractivity contribution < 1.29 is 24.6 Å². The van der Waals surface area contributed by atoms with Crippen LogP contribution < -0.4 is 10.6 Å². The lowest BCUT2D eigenvalue weighted by molar-refractivity contribution is -0.143. The van der Waals surface area contributed by atoms with Gasteiger partial charge >= 0.3 is 11.9 Å². The number of aryl methyl sites for hydroxylation is 1. The van der Waals surface area contributed by atoms with Crippen molar-refractivity contribution in [1.29, 1.82) is 0 Å². The molecular formula is C19H28N2O5. The topological polar surface area (TPSA) is 116 Å². The van der Waals surface area contributed by atoms with Gasteiger partial charge in [-0.1, -0.05) is 44.2 Å². The van der Waals surface area contributed by atoms with Gasteiger partial charge in [-0.3, -0.25) is 19.7 Å². The summed E-state index contributed by atoms with van der Waals surface area (Å²) in [4.78, 5) is 34.5. The predicted molar refractivity (Wildman–Crippen MR) is 97.8 cm³/mol. The Bertz CT molecular complexity index is 589. The van der Waals surface area contributed by atoms with Gasteiger partial charge in [-0.05, 0) is 30.7 Å². The molecule has 0 fully saturated rings. The van der Waals surface area contributed by atoms with E-state index in [0.29, 0.717) is 19.3 Å². The lowest BCUT2D eigenvalue weighted by Gasteiger charge is -2.21. The Labute approximate surface area is 153 Å². The molecule has 7 nitrogen and oxygen atoms in total. The summed E-state index contributed by atoms with van der Waals surface area (Å²) in [6.07, 6.45) is 1.39. The summed E-state index contributed by atoms with van der Waals surface area (Å²) in [6, 6.07) is 7.66. The van der Waals surface area contributed by atoms with Gasteiger partial charge in [0.25, 0.3) is 0 Å². The van der Waals surface area contributed by atoms with Crippen molar-refractivity contribution in [3.05, 3.63) is 35.9 Å². The first-order valence-corrected chi connectivity index (χ1v) is 8.82. The molecule has 7 heteroatoms. The molecule has 26 heavy (non-hydrogen) atoms. The minimum atomic E-state index is -1.13. The highest BCUT2D eigenvalue weighted by Crippen LogP contribution is 2.07. The molecule has 1 amide bonds. The van der Waals surface area contributed by atoms with Crippen LogP contribution in [0.25, 0.3) is 0 Å². The molecule has 2 atom stereocenters. The Balaban J connectivity index is 2.41. The van der Waals surface area contributed by atoms with E-state index in [1.54, 1.807) is 0 Å². The lowest BCUT2D eigenvalue weighted by Crippen LogP contribution is -2.49. The molecule has 0 aromatic heterocycles. The number of hydrogen-bond donors (Lipinski definition) is 4. The summed E-state index contributed by atoms with van der Waals surface area (Å²) >= 11 is 0. The zero-order chi connectivity index (χ0) is 19.5. The molecule has 0 saturated carbocycles. The highest BCUT2D eigenvalue weighted by Gasteiger charge is 2.26. The first-order valence-electron chi connectivity index (χ1n) is 8.82. The number of amides is 1. The van der Waals surface area contributed by atoms with E-state index in [1.165, 1.54) is 0 Å². The maximum absolute atomic E-state index is 11.9. The average molecular weight is 364 g/mol. The van der Waals surface area contributed by atoms with Gasteiger partial charge in [0, 0.05) is 13.0 Å². The van der Waals surface area contributed by atoms with E-state index in [1.807, 2.05) is 44.2 Å². The number of carbonyl (C=O) groups is 3. The summed E-state index contributed by atoms with van der Waals surface area (Å²) in [5.74, 6) is -2.24. The molecule has 4 N–H and O–H groups in total. The monoisotopic (exact) mass is 364 g/mol. The van der Waals surface area contributed by atoms with Crippen molar-refractivity contribution in [2.24, 2.45) is 5.92 Å². The second kappa shape index (κ2) is 11.3. The summed E-state index contributed by atoms with van der Waals surface area (Å²) in [5, 5.41) is 23.9. The predicted octanol–water partition coefficient (Wildman–Crippen LogP) is 1.67. The second-order valence-electron chi connectivity index (χ2n) is 6.70. The van der Waals surface area contributed by atoms with Crippen molar-refractivity contribution in [3.8, 4) is 0 Å². The number of nitrogens with one attached hydrogen (secondary N) is 2. The number of benzene rings is 1. The van der Waals surface area contributed by atoms with Crippen LogP contribution in [0.1, 0.15) is 38.7 Å². The van der Waals surface area contributed by atoms with Gasteiger partial charge in [0.05, 0.1) is 0 Å². The minimum Gasteiger partial charge on any atom is -0.480 e. The molecular weight excluding hydrogens is 336 g/mol. The van der Waals surface area contributed by atoms with E-state index in [9.17, 15) is 24.6 Å². The number of aliphatic carboxylic acids is 2. The smallest absolute Gasteiger partial charge is 0.320 e. The summed E-state index contributed by atoms with van der Waals surface area (Å²) in [5.41, 5.74) is 1.06. The molecule has 1 rings (SSSR count). The van der Waals surface area contributed by atoms with Crippen LogP contribution in [0.5, 0.6) is 0 Å². The third kappa shape index (κ3) is 8.62. The first kappa shape index (κ1) is 21.6. The normalized spacial score (nSPS) is 13.2. The summed E-state index contributed by atoms with van der Waals surface area (Å²) in [7, 11) is 0. The molecule has 0 saturated heterocycles. The van der Waals surface area contributed by atoms with Crippen LogP contribution in [-0.2, 0) is 20.8 Å². The maximum atomic E-state index is 11.9. The van der Waals surface area contributed by atoms with E-state index in [-0.39, 0.29) is 24.8 Å². The van der Waals surface area contributed by atoms with Crippen LogP contribution in [0, 0.1) is 5.92 Å². The van der Waals surface area contributed by atoms with Crippen LogP contribution >= 0.6 is 0 Å². The standard InChI is InChI=1S/C19H28N2O5/c1-13(2)12-16(19(25)26)21-15(18(23)24)10-11-20-17(22)9-8-14-6-4-3-5-7-14/h3-7,13,15-16,21H,8-12H2,1-2H3,(H,20,22)(H,23,24)(H,25,26)/t15-,16?/m0/s1. The Hall–Kier alpha value is -2.41. The molecule has 0 aliphatic carbocycles. The third-order valence-electron chi connectivity index (χ3n) is 3.94. The van der Waals surface area contributed by atoms with Crippen molar-refractivity contribution >= 4 is 17.8 Å². The molecule has 144 valence electrons. The molecule has 1 unspecified atom stereocenters. The number of rotatable bonds is 12. The van der Waals surface area contributed by atoms with Crippen LogP contribution in [0.4, 0.5) is 0 Å². The van der Waals surface area contributed by atoms with Gasteiger partial charge in [0.1, 0.15) is 12.1 Å². The molecule has 0 heterocycles. The fourth-order valence-corrected chi connectivity index (χ4v) is 2.58. The molecule has 0 aliphatic heterocycles. The Morgan fingerprint density at radius 2 is 1.62 bits per heavy atom. The first-order chi connectivity index (χ1) is 12.3. The fourth-order valence-electron chi connectivity index (χ4n) is 2.58. The van der Waals surface area contributed by atoms with E-state index in [2.05, 4.69) is 10.6 Å². The van der Waals surface area contributed by atoms with Crippen LogP contribution in [0.2, 0.25) is 0 Å². The molecule has 0 bridgehead atoms. The Morgan fingerprint density at radius 1 is 1.00 bits per heavy atom. The second-order valence-corrected chi connectivity index (χ2v) is 6.70. The van der Waals surface area contributed by atoms with E-state index >= 15 is 0 Å². The molecule has 0 aliphatic rings. The largest absolute Gasteiger partial charge is 0.480 e. The number of hydrogen-bond acceptors (Lipinski definition) is 4. The summed E-state index contributed by atoms with van der Waals surface area (Å²) in [6.45, 7) is 3.92. The van der Waals surface area contributed by atoms with E-state index in [4.69, 9.17) is 0 Å². The fraction of sp³-hybridized carbons (Fsp3) is 0.526. The lowest BCUT2D eigenvalue weighted by atomic mass is 10.0. The van der Waals surface area contributed by atoms with Crippen molar-refractivity contribution in [1.82, 2.24) is 10.6 Å². The van der Waals surface area contributed by atoms with Crippen molar-refractivity contribution in [2.45, 2.75) is 51.6 Å². The van der Waals surface area contributed by atoms with Gasteiger partial charge in [0.2, 0.25) is 5.91 Å². The molecule has 0 radical (unpaired) electrons. The SMILES string of the molecule is CC(C)CC(N[C@@H](CCNC(=O)CCc1ccccc1)C(=O)O)C(=O)O. The highest BCUT2D eigenvalue weighted by molar-refractivity contribution is 5.78. The Kier molecular flexibility index (Phi) is 9.36. The van der Waals surface area contributed by atoms with Crippen molar-refractivity contribution in [2.75, 3.05) is 6.54 Å². The van der Waals surface area contributed by atoms with Gasteiger partial charge in [-0.25, -0.2) is 0 Å². The van der Waals surface area contributed by atoms with Crippen molar-refractivity contribution in [3.63, 3.8) is 0 Å². The molecule has 0 spiro atoms. The van der Waals surface area contributed by atoms with Crippen LogP contribution in [-0.4, -0.2) is 46.7 Å².